The maximum atomic E-state index is 12.9. The Morgan fingerprint density at radius 3 is 2.93 bits per heavy atom. The van der Waals surface area contributed by atoms with Gasteiger partial charge in [-0.25, -0.2) is 9.50 Å². The maximum absolute atomic E-state index is 12.9. The van der Waals surface area contributed by atoms with Crippen molar-refractivity contribution in [3.63, 3.8) is 0 Å². The molecule has 0 saturated heterocycles. The Labute approximate surface area is 181 Å². The summed E-state index contributed by atoms with van der Waals surface area (Å²) in [7, 11) is 1.63. The normalized spacial score (nSPS) is 11.3. The van der Waals surface area contributed by atoms with E-state index in [9.17, 15) is 13.6 Å². The number of rotatable bonds is 5. The number of hydrogen-bond acceptors (Lipinski definition) is 5. The first-order valence-electron chi connectivity index (χ1n) is 8.41. The molecule has 0 spiro atoms. The SMILES string of the molecule is Cn1cc(NC(=O)c2cnn3cccnc23)c(-c2cc(Cl)c(Br)cc2OC(F)F)n1. The molecule has 4 aromatic rings. The van der Waals surface area contributed by atoms with E-state index in [1.165, 1.54) is 33.7 Å². The average Bonchev–Trinajstić information content (AvgIpc) is 3.27. The summed E-state index contributed by atoms with van der Waals surface area (Å²) in [6.45, 7) is -3.05. The zero-order chi connectivity index (χ0) is 21.4. The molecule has 0 aliphatic heterocycles. The van der Waals surface area contributed by atoms with Gasteiger partial charge in [0, 0.05) is 35.7 Å². The van der Waals surface area contributed by atoms with Crippen molar-refractivity contribution in [2.45, 2.75) is 6.61 Å². The molecule has 3 aromatic heterocycles. The van der Waals surface area contributed by atoms with Gasteiger partial charge in [0.05, 0.1) is 16.9 Å². The van der Waals surface area contributed by atoms with Crippen molar-refractivity contribution < 1.29 is 18.3 Å². The van der Waals surface area contributed by atoms with E-state index in [1.807, 2.05) is 0 Å². The van der Waals surface area contributed by atoms with Crippen LogP contribution in [-0.4, -0.2) is 36.9 Å². The minimum Gasteiger partial charge on any atom is -0.434 e. The molecule has 0 unspecified atom stereocenters. The molecule has 154 valence electrons. The number of halogens is 4. The summed E-state index contributed by atoms with van der Waals surface area (Å²) in [6.07, 6.45) is 6.12. The number of ether oxygens (including phenoxy) is 1. The van der Waals surface area contributed by atoms with Crippen LogP contribution < -0.4 is 10.1 Å². The van der Waals surface area contributed by atoms with Gasteiger partial charge in [0.25, 0.3) is 5.91 Å². The number of carbonyl (C=O) groups is 1. The van der Waals surface area contributed by atoms with E-state index in [0.29, 0.717) is 10.1 Å². The number of aryl methyl sites for hydroxylation is 1. The van der Waals surface area contributed by atoms with Gasteiger partial charge in [0.15, 0.2) is 5.65 Å². The highest BCUT2D eigenvalue weighted by atomic mass is 79.9. The lowest BCUT2D eigenvalue weighted by Gasteiger charge is -2.12. The first-order valence-corrected chi connectivity index (χ1v) is 9.58. The van der Waals surface area contributed by atoms with Crippen LogP contribution in [0.15, 0.2) is 47.5 Å². The van der Waals surface area contributed by atoms with E-state index in [2.05, 4.69) is 41.2 Å². The van der Waals surface area contributed by atoms with E-state index in [4.69, 9.17) is 11.6 Å². The minimum absolute atomic E-state index is 0.145. The molecule has 0 bridgehead atoms. The highest BCUT2D eigenvalue weighted by Crippen LogP contribution is 2.40. The number of aromatic nitrogens is 5. The topological polar surface area (TPSA) is 86.3 Å². The van der Waals surface area contributed by atoms with Crippen LogP contribution >= 0.6 is 27.5 Å². The monoisotopic (exact) mass is 496 g/mol. The predicted molar refractivity (Wildman–Crippen MR) is 109 cm³/mol. The molecule has 0 aliphatic rings. The van der Waals surface area contributed by atoms with Gasteiger partial charge in [-0.1, -0.05) is 11.6 Å². The first-order chi connectivity index (χ1) is 14.3. The van der Waals surface area contributed by atoms with E-state index in [1.54, 1.807) is 25.5 Å². The summed E-state index contributed by atoms with van der Waals surface area (Å²) in [6, 6.07) is 4.43. The van der Waals surface area contributed by atoms with Crippen molar-refractivity contribution in [3.05, 3.63) is 58.0 Å². The summed E-state index contributed by atoms with van der Waals surface area (Å²) in [5.41, 5.74) is 1.28. The second-order valence-electron chi connectivity index (χ2n) is 6.11. The molecule has 12 heteroatoms. The number of hydrogen-bond donors (Lipinski definition) is 1. The van der Waals surface area contributed by atoms with Crippen LogP contribution in [0.2, 0.25) is 5.02 Å². The fourth-order valence-corrected chi connectivity index (χ4v) is 3.35. The Kier molecular flexibility index (Phi) is 5.39. The van der Waals surface area contributed by atoms with Gasteiger partial charge in [-0.3, -0.25) is 9.48 Å². The lowest BCUT2D eigenvalue weighted by Crippen LogP contribution is -2.12. The molecule has 0 aliphatic carbocycles. The van der Waals surface area contributed by atoms with Crippen molar-refractivity contribution in [2.24, 2.45) is 7.05 Å². The summed E-state index contributed by atoms with van der Waals surface area (Å²) in [4.78, 5) is 17.0. The number of benzene rings is 1. The lowest BCUT2D eigenvalue weighted by atomic mass is 10.1. The number of amides is 1. The summed E-state index contributed by atoms with van der Waals surface area (Å²) >= 11 is 9.34. The number of alkyl halides is 2. The van der Waals surface area contributed by atoms with Crippen LogP contribution in [0.5, 0.6) is 5.75 Å². The molecular weight excluding hydrogens is 486 g/mol. The fraction of sp³-hybridized carbons (Fsp3) is 0.111. The molecule has 3 heterocycles. The van der Waals surface area contributed by atoms with Crippen LogP contribution in [0.25, 0.3) is 16.9 Å². The Hall–Kier alpha value is -3.05. The first kappa shape index (κ1) is 20.2. The molecular formula is C18H12BrClF2N6O2. The third kappa shape index (κ3) is 3.85. The molecule has 1 aromatic carbocycles. The Balaban J connectivity index is 1.75. The summed E-state index contributed by atoms with van der Waals surface area (Å²) in [5, 5.41) is 11.4. The zero-order valence-corrected chi connectivity index (χ0v) is 17.5. The molecule has 8 nitrogen and oxygen atoms in total. The van der Waals surface area contributed by atoms with Gasteiger partial charge >= 0.3 is 6.61 Å². The molecule has 0 atom stereocenters. The average molecular weight is 498 g/mol. The van der Waals surface area contributed by atoms with E-state index in [0.717, 1.165) is 0 Å². The third-order valence-corrected chi connectivity index (χ3v) is 5.29. The number of nitrogens with one attached hydrogen (secondary N) is 1. The molecule has 30 heavy (non-hydrogen) atoms. The van der Waals surface area contributed by atoms with Crippen LogP contribution in [-0.2, 0) is 7.05 Å². The van der Waals surface area contributed by atoms with E-state index < -0.39 is 12.5 Å². The highest BCUT2D eigenvalue weighted by Gasteiger charge is 2.22. The zero-order valence-electron chi connectivity index (χ0n) is 15.2. The van der Waals surface area contributed by atoms with E-state index in [-0.39, 0.29) is 33.3 Å². The van der Waals surface area contributed by atoms with Gasteiger partial charge < -0.3 is 10.1 Å². The van der Waals surface area contributed by atoms with Crippen molar-refractivity contribution >= 4 is 44.8 Å². The molecule has 0 fully saturated rings. The van der Waals surface area contributed by atoms with Gasteiger partial charge in [0.2, 0.25) is 0 Å². The summed E-state index contributed by atoms with van der Waals surface area (Å²) in [5.74, 6) is -0.634. The standard InChI is InChI=1S/C18H12BrClF2N6O2/c1-27-8-13(25-17(29)10-7-24-28-4-2-3-23-16(10)28)15(26-27)9-5-12(20)11(19)6-14(9)30-18(21)22/h2-8,18H,1H3,(H,25,29). The molecule has 0 saturated carbocycles. The molecule has 1 amide bonds. The van der Waals surface area contributed by atoms with Crippen molar-refractivity contribution in [2.75, 3.05) is 5.32 Å². The van der Waals surface area contributed by atoms with Gasteiger partial charge in [0.1, 0.15) is 17.0 Å². The highest BCUT2D eigenvalue weighted by molar-refractivity contribution is 9.10. The van der Waals surface area contributed by atoms with Crippen molar-refractivity contribution in [1.82, 2.24) is 24.4 Å². The minimum atomic E-state index is -3.05. The van der Waals surface area contributed by atoms with Crippen LogP contribution in [0.1, 0.15) is 10.4 Å². The second-order valence-corrected chi connectivity index (χ2v) is 7.37. The van der Waals surface area contributed by atoms with Gasteiger partial charge in [-0.05, 0) is 34.1 Å². The number of carbonyl (C=O) groups excluding carboxylic acids is 1. The largest absolute Gasteiger partial charge is 0.434 e. The molecule has 0 radical (unpaired) electrons. The van der Waals surface area contributed by atoms with Gasteiger partial charge in [-0.2, -0.15) is 19.0 Å². The van der Waals surface area contributed by atoms with Crippen molar-refractivity contribution in [1.29, 1.82) is 0 Å². The second kappa shape index (κ2) is 8.00. The number of fused-ring (bicyclic) bond motifs is 1. The fourth-order valence-electron chi connectivity index (χ4n) is 2.86. The summed E-state index contributed by atoms with van der Waals surface area (Å²) < 4.78 is 33.7. The molecule has 1 N–H and O–H groups in total. The lowest BCUT2D eigenvalue weighted by molar-refractivity contribution is -0.0495. The smallest absolute Gasteiger partial charge is 0.387 e. The number of anilines is 1. The van der Waals surface area contributed by atoms with Gasteiger partial charge in [-0.15, -0.1) is 0 Å². The molecule has 4 rings (SSSR count). The third-order valence-electron chi connectivity index (χ3n) is 4.09. The van der Waals surface area contributed by atoms with Crippen LogP contribution in [0, 0.1) is 0 Å². The van der Waals surface area contributed by atoms with Crippen molar-refractivity contribution in [3.8, 4) is 17.0 Å². The Bertz CT molecular complexity index is 1260. The van der Waals surface area contributed by atoms with Crippen LogP contribution in [0.3, 0.4) is 0 Å². The predicted octanol–water partition coefficient (Wildman–Crippen LogP) is 4.40. The number of nitrogens with zero attached hydrogens (tertiary/aromatic N) is 5. The Morgan fingerprint density at radius 1 is 1.37 bits per heavy atom. The Morgan fingerprint density at radius 2 is 2.17 bits per heavy atom. The maximum Gasteiger partial charge on any atom is 0.387 e. The van der Waals surface area contributed by atoms with Crippen LogP contribution in [0.4, 0.5) is 14.5 Å². The van der Waals surface area contributed by atoms with E-state index >= 15 is 0 Å². The quantitative estimate of drug-likeness (QED) is 0.442.